The molecular weight excluding hydrogens is 288 g/mol. The summed E-state index contributed by atoms with van der Waals surface area (Å²) in [6.45, 7) is 6.54. The van der Waals surface area contributed by atoms with Gasteiger partial charge in [-0.2, -0.15) is 5.10 Å². The van der Waals surface area contributed by atoms with E-state index in [1.807, 2.05) is 0 Å². The first-order valence-corrected chi connectivity index (χ1v) is 6.60. The average Bonchev–Trinajstić information content (AvgIpc) is 2.37. The first-order chi connectivity index (χ1) is 10.2. The number of nitrogens with one attached hydrogen (secondary N) is 1. The molecule has 1 aromatic rings. The van der Waals surface area contributed by atoms with Gasteiger partial charge in [-0.15, -0.1) is 0 Å². The van der Waals surface area contributed by atoms with Gasteiger partial charge in [-0.3, -0.25) is 4.79 Å². The molecule has 22 heavy (non-hydrogen) atoms. The predicted octanol–water partition coefficient (Wildman–Crippen LogP) is 2.48. The lowest BCUT2D eigenvalue weighted by molar-refractivity contribution is -0.131. The van der Waals surface area contributed by atoms with Gasteiger partial charge in [-0.1, -0.05) is 0 Å². The molecule has 0 saturated heterocycles. The minimum absolute atomic E-state index is 0.279. The monoisotopic (exact) mass is 308 g/mol. The fraction of sp³-hybridized carbons (Fsp3) is 0.400. The number of hydrazone groups is 1. The summed E-state index contributed by atoms with van der Waals surface area (Å²) in [7, 11) is 1.50. The zero-order valence-corrected chi connectivity index (χ0v) is 13.3. The number of carbonyl (C=O) groups excluding carboxylic acids is 2. The first-order valence-electron chi connectivity index (χ1n) is 6.60. The van der Waals surface area contributed by atoms with Crippen molar-refractivity contribution < 1.29 is 23.8 Å². The molecule has 0 spiro atoms. The number of benzene rings is 1. The lowest BCUT2D eigenvalue weighted by atomic mass is 10.2. The van der Waals surface area contributed by atoms with Crippen molar-refractivity contribution in [3.8, 4) is 11.5 Å². The zero-order chi connectivity index (χ0) is 16.8. The largest absolute Gasteiger partial charge is 0.497 e. The van der Waals surface area contributed by atoms with E-state index >= 15 is 0 Å². The number of amides is 1. The van der Waals surface area contributed by atoms with E-state index in [4.69, 9.17) is 14.2 Å². The van der Waals surface area contributed by atoms with Crippen LogP contribution in [0.25, 0.3) is 0 Å². The van der Waals surface area contributed by atoms with Gasteiger partial charge < -0.3 is 14.2 Å². The molecule has 0 unspecified atom stereocenters. The standard InChI is InChI=1S/C15H20N2O5/c1-10(18)21-13-8-12(20-5)7-6-11(13)9-16-17-14(19)22-15(2,3)4/h6-9H,1-5H3,(H,17,19). The van der Waals surface area contributed by atoms with Gasteiger partial charge in [0, 0.05) is 18.6 Å². The van der Waals surface area contributed by atoms with Crippen LogP contribution in [0.2, 0.25) is 0 Å². The summed E-state index contributed by atoms with van der Waals surface area (Å²) in [6, 6.07) is 4.88. The number of hydrogen-bond acceptors (Lipinski definition) is 6. The summed E-state index contributed by atoms with van der Waals surface area (Å²) in [4.78, 5) is 22.6. The normalized spacial score (nSPS) is 11.1. The van der Waals surface area contributed by atoms with E-state index in [0.717, 1.165) is 0 Å². The van der Waals surface area contributed by atoms with Gasteiger partial charge in [-0.25, -0.2) is 10.2 Å². The molecule has 0 saturated carbocycles. The summed E-state index contributed by atoms with van der Waals surface area (Å²) in [5, 5.41) is 3.77. The molecular formula is C15H20N2O5. The molecule has 0 aromatic heterocycles. The summed E-state index contributed by atoms with van der Waals surface area (Å²) >= 11 is 0. The Balaban J connectivity index is 2.81. The quantitative estimate of drug-likeness (QED) is 0.400. The Labute approximate surface area is 129 Å². The Morgan fingerprint density at radius 3 is 2.50 bits per heavy atom. The maximum atomic E-state index is 11.5. The van der Waals surface area contributed by atoms with E-state index in [9.17, 15) is 9.59 Å². The second kappa shape index (κ2) is 7.44. The number of esters is 1. The number of hydrogen-bond donors (Lipinski definition) is 1. The number of methoxy groups -OCH3 is 1. The minimum atomic E-state index is -0.675. The van der Waals surface area contributed by atoms with Crippen molar-refractivity contribution in [2.75, 3.05) is 7.11 Å². The highest BCUT2D eigenvalue weighted by Crippen LogP contribution is 2.23. The minimum Gasteiger partial charge on any atom is -0.497 e. The molecule has 0 aliphatic rings. The zero-order valence-electron chi connectivity index (χ0n) is 13.3. The molecule has 0 radical (unpaired) electrons. The van der Waals surface area contributed by atoms with Crippen molar-refractivity contribution in [1.82, 2.24) is 5.43 Å². The Morgan fingerprint density at radius 2 is 1.95 bits per heavy atom. The van der Waals surface area contributed by atoms with Crippen LogP contribution in [0.15, 0.2) is 23.3 Å². The van der Waals surface area contributed by atoms with Crippen LogP contribution < -0.4 is 14.9 Å². The highest BCUT2D eigenvalue weighted by molar-refractivity contribution is 5.86. The lowest BCUT2D eigenvalue weighted by Crippen LogP contribution is -2.29. The van der Waals surface area contributed by atoms with Crippen molar-refractivity contribution in [2.45, 2.75) is 33.3 Å². The van der Waals surface area contributed by atoms with E-state index in [2.05, 4.69) is 10.5 Å². The Kier molecular flexibility index (Phi) is 5.91. The van der Waals surface area contributed by atoms with Crippen molar-refractivity contribution in [3.05, 3.63) is 23.8 Å². The van der Waals surface area contributed by atoms with Crippen LogP contribution in [0.3, 0.4) is 0 Å². The second-order valence-corrected chi connectivity index (χ2v) is 5.37. The Hall–Kier alpha value is -2.57. The highest BCUT2D eigenvalue weighted by atomic mass is 16.6. The first kappa shape index (κ1) is 17.5. The van der Waals surface area contributed by atoms with Crippen LogP contribution in [0.5, 0.6) is 11.5 Å². The summed E-state index contributed by atoms with van der Waals surface area (Å²) in [6.07, 6.45) is 0.674. The molecule has 0 fully saturated rings. The van der Waals surface area contributed by atoms with E-state index < -0.39 is 17.7 Å². The molecule has 0 aliphatic carbocycles. The van der Waals surface area contributed by atoms with Gasteiger partial charge in [-0.05, 0) is 32.9 Å². The topological polar surface area (TPSA) is 86.2 Å². The molecule has 1 aromatic carbocycles. The Morgan fingerprint density at radius 1 is 1.27 bits per heavy atom. The molecule has 0 bridgehead atoms. The maximum absolute atomic E-state index is 11.5. The van der Waals surface area contributed by atoms with Crippen LogP contribution in [0.1, 0.15) is 33.3 Å². The number of rotatable bonds is 4. The maximum Gasteiger partial charge on any atom is 0.428 e. The van der Waals surface area contributed by atoms with Crippen LogP contribution in [-0.2, 0) is 9.53 Å². The van der Waals surface area contributed by atoms with E-state index in [1.165, 1.54) is 20.2 Å². The third-order valence-electron chi connectivity index (χ3n) is 2.23. The van der Waals surface area contributed by atoms with Gasteiger partial charge in [0.25, 0.3) is 0 Å². The molecule has 7 heteroatoms. The van der Waals surface area contributed by atoms with E-state index in [-0.39, 0.29) is 5.75 Å². The van der Waals surface area contributed by atoms with Crippen LogP contribution in [-0.4, -0.2) is 31.0 Å². The highest BCUT2D eigenvalue weighted by Gasteiger charge is 2.15. The smallest absolute Gasteiger partial charge is 0.428 e. The van der Waals surface area contributed by atoms with Gasteiger partial charge >= 0.3 is 12.1 Å². The molecule has 0 heterocycles. The van der Waals surface area contributed by atoms with Crippen molar-refractivity contribution in [1.29, 1.82) is 0 Å². The fourth-order valence-corrected chi connectivity index (χ4v) is 1.45. The molecule has 7 nitrogen and oxygen atoms in total. The number of nitrogens with zero attached hydrogens (tertiary/aromatic N) is 1. The third-order valence-corrected chi connectivity index (χ3v) is 2.23. The van der Waals surface area contributed by atoms with Crippen molar-refractivity contribution in [2.24, 2.45) is 5.10 Å². The molecule has 1 amide bonds. The van der Waals surface area contributed by atoms with Crippen LogP contribution in [0, 0.1) is 0 Å². The third kappa shape index (κ3) is 6.25. The van der Waals surface area contributed by atoms with Crippen LogP contribution in [0.4, 0.5) is 4.79 Å². The second-order valence-electron chi connectivity index (χ2n) is 5.37. The number of carbonyl (C=O) groups is 2. The van der Waals surface area contributed by atoms with Crippen molar-refractivity contribution in [3.63, 3.8) is 0 Å². The SMILES string of the molecule is COc1ccc(C=NNC(=O)OC(C)(C)C)c(OC(C)=O)c1. The van der Waals surface area contributed by atoms with E-state index in [0.29, 0.717) is 11.3 Å². The summed E-state index contributed by atoms with van der Waals surface area (Å²) < 4.78 is 15.2. The summed E-state index contributed by atoms with van der Waals surface area (Å²) in [5.41, 5.74) is 2.13. The Bertz CT molecular complexity index is 576. The van der Waals surface area contributed by atoms with Gasteiger partial charge in [0.05, 0.1) is 13.3 Å². The van der Waals surface area contributed by atoms with Gasteiger partial charge in [0.1, 0.15) is 17.1 Å². The summed E-state index contributed by atoms with van der Waals surface area (Å²) in [5.74, 6) is 0.345. The fourth-order valence-electron chi connectivity index (χ4n) is 1.45. The molecule has 1 N–H and O–H groups in total. The lowest BCUT2D eigenvalue weighted by Gasteiger charge is -2.18. The molecule has 0 aliphatic heterocycles. The van der Waals surface area contributed by atoms with Gasteiger partial charge in [0.15, 0.2) is 0 Å². The van der Waals surface area contributed by atoms with Crippen molar-refractivity contribution >= 4 is 18.3 Å². The number of ether oxygens (including phenoxy) is 3. The van der Waals surface area contributed by atoms with E-state index in [1.54, 1.807) is 39.0 Å². The van der Waals surface area contributed by atoms with Crippen LogP contribution >= 0.6 is 0 Å². The van der Waals surface area contributed by atoms with Gasteiger partial charge in [0.2, 0.25) is 0 Å². The predicted molar refractivity (Wildman–Crippen MR) is 81.3 cm³/mol. The molecule has 1 rings (SSSR count). The molecule has 0 atom stereocenters. The molecule has 120 valence electrons. The average molecular weight is 308 g/mol.